The first-order chi connectivity index (χ1) is 14.8. The summed E-state index contributed by atoms with van der Waals surface area (Å²) in [5.74, 6) is -0.341. The molecule has 0 saturated carbocycles. The number of sulfonamides is 1. The summed E-state index contributed by atoms with van der Waals surface area (Å²) >= 11 is 0. The van der Waals surface area contributed by atoms with Crippen molar-refractivity contribution in [2.75, 3.05) is 13.1 Å². The molecule has 1 aromatic heterocycles. The van der Waals surface area contributed by atoms with Crippen molar-refractivity contribution < 1.29 is 13.2 Å². The molecular weight excluding hydrogens is 416 g/mol. The van der Waals surface area contributed by atoms with Crippen molar-refractivity contribution in [2.45, 2.75) is 38.3 Å². The summed E-state index contributed by atoms with van der Waals surface area (Å²) in [5.41, 5.74) is 1.06. The molecule has 1 amide bonds. The zero-order chi connectivity index (χ0) is 22.6. The Morgan fingerprint density at radius 2 is 1.74 bits per heavy atom. The van der Waals surface area contributed by atoms with Crippen molar-refractivity contribution >= 4 is 26.8 Å². The molecule has 1 atom stereocenters. The number of nitrogens with zero attached hydrogens (tertiary/aromatic N) is 3. The molecule has 0 aliphatic heterocycles. The summed E-state index contributed by atoms with van der Waals surface area (Å²) in [6.45, 7) is 6.03. The van der Waals surface area contributed by atoms with Crippen LogP contribution in [0.4, 0.5) is 0 Å². The number of rotatable bonds is 8. The fraction of sp³-hybridized carbons (Fsp3) is 0.318. The molecule has 3 rings (SSSR count). The van der Waals surface area contributed by atoms with Gasteiger partial charge < -0.3 is 5.32 Å². The van der Waals surface area contributed by atoms with E-state index >= 15 is 0 Å². The number of fused-ring (bicyclic) bond motifs is 1. The number of carbonyl (C=O) groups excluding carboxylic acids is 1. The molecule has 164 valence electrons. The lowest BCUT2D eigenvalue weighted by Gasteiger charge is -2.19. The lowest BCUT2D eigenvalue weighted by molar-refractivity contribution is -0.122. The molecule has 0 aliphatic carbocycles. The zero-order valence-corrected chi connectivity index (χ0v) is 18.6. The Kier molecular flexibility index (Phi) is 6.87. The Morgan fingerprint density at radius 1 is 1.10 bits per heavy atom. The van der Waals surface area contributed by atoms with Gasteiger partial charge >= 0.3 is 0 Å². The fourth-order valence-electron chi connectivity index (χ4n) is 3.38. The summed E-state index contributed by atoms with van der Waals surface area (Å²) in [7, 11) is -3.53. The highest BCUT2D eigenvalue weighted by Crippen LogP contribution is 2.19. The van der Waals surface area contributed by atoms with Gasteiger partial charge in [-0.25, -0.2) is 13.4 Å². The molecule has 0 radical (unpaired) electrons. The lowest BCUT2D eigenvalue weighted by atomic mass is 10.1. The smallest absolute Gasteiger partial charge is 0.261 e. The number of para-hydroxylation sites is 1. The van der Waals surface area contributed by atoms with E-state index in [-0.39, 0.29) is 28.9 Å². The number of benzene rings is 2. The van der Waals surface area contributed by atoms with E-state index in [0.717, 1.165) is 5.56 Å². The van der Waals surface area contributed by atoms with Gasteiger partial charge in [-0.3, -0.25) is 14.2 Å². The van der Waals surface area contributed by atoms with Crippen molar-refractivity contribution in [3.63, 3.8) is 0 Å². The maximum absolute atomic E-state index is 12.6. The average Bonchev–Trinajstić information content (AvgIpc) is 2.76. The summed E-state index contributed by atoms with van der Waals surface area (Å²) in [4.78, 5) is 29.4. The monoisotopic (exact) mass is 442 g/mol. The van der Waals surface area contributed by atoms with E-state index in [4.69, 9.17) is 0 Å². The minimum absolute atomic E-state index is 0.157. The second kappa shape index (κ2) is 9.40. The van der Waals surface area contributed by atoms with Crippen LogP contribution in [0.25, 0.3) is 10.9 Å². The Balaban J connectivity index is 1.70. The molecule has 0 spiro atoms. The van der Waals surface area contributed by atoms with Gasteiger partial charge in [-0.1, -0.05) is 38.1 Å². The van der Waals surface area contributed by atoms with E-state index in [1.54, 1.807) is 69.3 Å². The third-order valence-corrected chi connectivity index (χ3v) is 7.21. The molecule has 0 unspecified atom stereocenters. The molecule has 31 heavy (non-hydrogen) atoms. The van der Waals surface area contributed by atoms with Crippen molar-refractivity contribution in [1.82, 2.24) is 19.2 Å². The molecule has 0 saturated heterocycles. The van der Waals surface area contributed by atoms with Crippen molar-refractivity contribution in [2.24, 2.45) is 0 Å². The van der Waals surface area contributed by atoms with Gasteiger partial charge in [0.25, 0.3) is 5.56 Å². The predicted molar refractivity (Wildman–Crippen MR) is 119 cm³/mol. The molecule has 0 bridgehead atoms. The lowest BCUT2D eigenvalue weighted by Crippen LogP contribution is -2.34. The van der Waals surface area contributed by atoms with E-state index in [1.165, 1.54) is 15.2 Å². The normalized spacial score (nSPS) is 12.8. The molecule has 0 aliphatic rings. The van der Waals surface area contributed by atoms with Crippen LogP contribution in [-0.2, 0) is 21.4 Å². The largest absolute Gasteiger partial charge is 0.348 e. The molecular formula is C22H26N4O4S. The Hall–Kier alpha value is -3.04. The van der Waals surface area contributed by atoms with E-state index in [0.29, 0.717) is 24.0 Å². The second-order valence-electron chi connectivity index (χ2n) is 7.14. The zero-order valence-electron chi connectivity index (χ0n) is 17.8. The van der Waals surface area contributed by atoms with Gasteiger partial charge in [-0.15, -0.1) is 0 Å². The standard InChI is InChI=1S/C22H26N4O4S/c1-4-26(5-2)31(29,30)18-12-10-17(11-13-18)16(3)24-21(27)14-25-15-23-20-9-7-6-8-19(20)22(25)28/h6-13,15-16H,4-5,14H2,1-3H3,(H,24,27)/t16-/m1/s1. The van der Waals surface area contributed by atoms with Crippen LogP contribution < -0.4 is 10.9 Å². The van der Waals surface area contributed by atoms with Crippen LogP contribution in [0.2, 0.25) is 0 Å². The summed E-state index contributed by atoms with van der Waals surface area (Å²) < 4.78 is 27.9. The molecule has 8 nitrogen and oxygen atoms in total. The van der Waals surface area contributed by atoms with Crippen LogP contribution in [0.15, 0.2) is 64.5 Å². The number of amides is 1. The van der Waals surface area contributed by atoms with Gasteiger partial charge in [0.2, 0.25) is 15.9 Å². The number of nitrogens with one attached hydrogen (secondary N) is 1. The van der Waals surface area contributed by atoms with Gasteiger partial charge in [0.15, 0.2) is 0 Å². The van der Waals surface area contributed by atoms with E-state index < -0.39 is 10.0 Å². The maximum Gasteiger partial charge on any atom is 0.261 e. The first-order valence-corrected chi connectivity index (χ1v) is 11.6. The van der Waals surface area contributed by atoms with Crippen LogP contribution in [0.1, 0.15) is 32.4 Å². The quantitative estimate of drug-likeness (QED) is 0.577. The van der Waals surface area contributed by atoms with Gasteiger partial charge in [0.1, 0.15) is 6.54 Å². The molecule has 2 aromatic carbocycles. The highest BCUT2D eigenvalue weighted by Gasteiger charge is 2.21. The first-order valence-electron chi connectivity index (χ1n) is 10.1. The van der Waals surface area contributed by atoms with Crippen LogP contribution >= 0.6 is 0 Å². The molecule has 1 heterocycles. The first kappa shape index (κ1) is 22.6. The van der Waals surface area contributed by atoms with E-state index in [1.807, 2.05) is 0 Å². The van der Waals surface area contributed by atoms with Crippen LogP contribution in [0, 0.1) is 0 Å². The Bertz CT molecular complexity index is 1230. The van der Waals surface area contributed by atoms with Crippen molar-refractivity contribution in [3.8, 4) is 0 Å². The Labute approximate surface area is 181 Å². The SMILES string of the molecule is CCN(CC)S(=O)(=O)c1ccc([C@@H](C)NC(=O)Cn2cnc3ccccc3c2=O)cc1. The molecule has 3 aromatic rings. The third kappa shape index (κ3) is 4.83. The number of hydrogen-bond acceptors (Lipinski definition) is 5. The molecule has 1 N–H and O–H groups in total. The van der Waals surface area contributed by atoms with Gasteiger partial charge in [-0.05, 0) is 36.8 Å². The minimum Gasteiger partial charge on any atom is -0.348 e. The van der Waals surface area contributed by atoms with E-state index in [2.05, 4.69) is 10.3 Å². The van der Waals surface area contributed by atoms with Gasteiger partial charge in [0, 0.05) is 13.1 Å². The van der Waals surface area contributed by atoms with Crippen molar-refractivity contribution in [1.29, 1.82) is 0 Å². The summed E-state index contributed by atoms with van der Waals surface area (Å²) in [6.07, 6.45) is 1.36. The fourth-order valence-corrected chi connectivity index (χ4v) is 4.84. The number of hydrogen-bond donors (Lipinski definition) is 1. The third-order valence-electron chi connectivity index (χ3n) is 5.15. The van der Waals surface area contributed by atoms with Crippen LogP contribution in [-0.4, -0.2) is 41.3 Å². The van der Waals surface area contributed by atoms with Crippen LogP contribution in [0.3, 0.4) is 0 Å². The summed E-state index contributed by atoms with van der Waals surface area (Å²) in [5, 5.41) is 3.29. The average molecular weight is 443 g/mol. The summed E-state index contributed by atoms with van der Waals surface area (Å²) in [6, 6.07) is 13.1. The second-order valence-corrected chi connectivity index (χ2v) is 9.08. The minimum atomic E-state index is -3.53. The van der Waals surface area contributed by atoms with Gasteiger partial charge in [-0.2, -0.15) is 4.31 Å². The highest BCUT2D eigenvalue weighted by molar-refractivity contribution is 7.89. The number of aromatic nitrogens is 2. The van der Waals surface area contributed by atoms with Crippen LogP contribution in [0.5, 0.6) is 0 Å². The van der Waals surface area contributed by atoms with E-state index in [9.17, 15) is 18.0 Å². The highest BCUT2D eigenvalue weighted by atomic mass is 32.2. The molecule has 9 heteroatoms. The molecule has 0 fully saturated rings. The number of carbonyl (C=O) groups is 1. The van der Waals surface area contributed by atoms with Gasteiger partial charge in [0.05, 0.1) is 28.2 Å². The Morgan fingerprint density at radius 3 is 2.39 bits per heavy atom. The van der Waals surface area contributed by atoms with Crippen molar-refractivity contribution in [3.05, 3.63) is 70.8 Å². The topological polar surface area (TPSA) is 101 Å². The maximum atomic E-state index is 12.6. The predicted octanol–water partition coefficient (Wildman–Crippen LogP) is 2.30.